The molecule has 1 aromatic rings. The number of hydrogen-bond donors (Lipinski definition) is 0. The van der Waals surface area contributed by atoms with Gasteiger partial charge in [0.25, 0.3) is 0 Å². The van der Waals surface area contributed by atoms with Crippen LogP contribution in [0.4, 0.5) is 4.39 Å². The van der Waals surface area contributed by atoms with Crippen molar-refractivity contribution >= 4 is 27.4 Å². The summed E-state index contributed by atoms with van der Waals surface area (Å²) in [5.41, 5.74) is -0.137. The molecule has 1 aliphatic heterocycles. The Labute approximate surface area is 188 Å². The summed E-state index contributed by atoms with van der Waals surface area (Å²) in [4.78, 5) is 12.5. The van der Waals surface area contributed by atoms with Crippen LogP contribution in [0, 0.1) is 29.0 Å². The van der Waals surface area contributed by atoms with Crippen molar-refractivity contribution in [3.8, 4) is 5.75 Å². The molecule has 5 nitrogen and oxygen atoms in total. The number of carbonyl (C=O) groups is 1. The van der Waals surface area contributed by atoms with Crippen molar-refractivity contribution < 1.29 is 22.3 Å². The summed E-state index contributed by atoms with van der Waals surface area (Å²) in [6, 6.07) is 2.35. The first kappa shape index (κ1) is 21.7. The molecule has 0 spiro atoms. The van der Waals surface area contributed by atoms with Crippen LogP contribution < -0.4 is 4.74 Å². The van der Waals surface area contributed by atoms with Crippen molar-refractivity contribution in [2.75, 3.05) is 25.4 Å². The third kappa shape index (κ3) is 4.25. The Morgan fingerprint density at radius 3 is 2.26 bits per heavy atom. The van der Waals surface area contributed by atoms with Crippen molar-refractivity contribution in [2.45, 2.75) is 51.4 Å². The molecule has 0 amide bonds. The largest absolute Gasteiger partial charge is 0.491 e. The molecule has 4 bridgehead atoms. The van der Waals surface area contributed by atoms with E-state index < -0.39 is 27.4 Å². The molecular formula is C23H29ClFNO4S. The van der Waals surface area contributed by atoms with Crippen molar-refractivity contribution in [1.82, 2.24) is 4.31 Å². The van der Waals surface area contributed by atoms with Crippen molar-refractivity contribution in [3.63, 3.8) is 0 Å². The van der Waals surface area contributed by atoms with Crippen LogP contribution >= 0.6 is 11.6 Å². The lowest BCUT2D eigenvalue weighted by Crippen LogP contribution is -2.48. The summed E-state index contributed by atoms with van der Waals surface area (Å²) in [7, 11) is -3.74. The molecule has 0 unspecified atom stereocenters. The Kier molecular flexibility index (Phi) is 5.58. The molecule has 1 saturated heterocycles. The highest BCUT2D eigenvalue weighted by Gasteiger charge is 2.51. The Balaban J connectivity index is 1.28. The quantitative estimate of drug-likeness (QED) is 0.544. The van der Waals surface area contributed by atoms with Gasteiger partial charge in [-0.25, -0.2) is 17.1 Å². The first-order chi connectivity index (χ1) is 14.7. The van der Waals surface area contributed by atoms with Crippen molar-refractivity contribution in [3.05, 3.63) is 28.5 Å². The smallest absolute Gasteiger partial charge is 0.221 e. The minimum Gasteiger partial charge on any atom is -0.491 e. The van der Waals surface area contributed by atoms with E-state index in [4.69, 9.17) is 16.3 Å². The summed E-state index contributed by atoms with van der Waals surface area (Å²) < 4.78 is 46.9. The second-order valence-corrected chi connectivity index (χ2v) is 12.6. The predicted octanol–water partition coefficient (Wildman–Crippen LogP) is 4.68. The highest BCUT2D eigenvalue weighted by molar-refractivity contribution is 7.89. The lowest BCUT2D eigenvalue weighted by molar-refractivity contribution is -0.0745. The number of hydrogen-bond acceptors (Lipinski definition) is 4. The van der Waals surface area contributed by atoms with Gasteiger partial charge in [-0.3, -0.25) is 4.79 Å². The Morgan fingerprint density at radius 2 is 1.68 bits per heavy atom. The topological polar surface area (TPSA) is 63.7 Å². The van der Waals surface area contributed by atoms with Gasteiger partial charge in [-0.15, -0.1) is 0 Å². The first-order valence-corrected chi connectivity index (χ1v) is 13.3. The fourth-order valence-corrected chi connectivity index (χ4v) is 8.55. The molecule has 0 aromatic heterocycles. The Morgan fingerprint density at radius 1 is 1.10 bits per heavy atom. The number of nitrogens with zero attached hydrogens (tertiary/aromatic N) is 1. The van der Waals surface area contributed by atoms with Gasteiger partial charge in [0.1, 0.15) is 17.3 Å². The van der Waals surface area contributed by atoms with Gasteiger partial charge in [-0.05, 0) is 75.2 Å². The summed E-state index contributed by atoms with van der Waals surface area (Å²) in [5, 5.41) is 0.146. The van der Waals surface area contributed by atoms with E-state index in [0.29, 0.717) is 19.7 Å². The minimum absolute atomic E-state index is 0.146. The molecule has 170 valence electrons. The van der Waals surface area contributed by atoms with E-state index >= 15 is 0 Å². The fourth-order valence-electron chi connectivity index (χ4n) is 6.85. The number of benzene rings is 1. The maximum atomic E-state index is 14.8. The summed E-state index contributed by atoms with van der Waals surface area (Å²) >= 11 is 6.33. The zero-order valence-electron chi connectivity index (χ0n) is 17.6. The van der Waals surface area contributed by atoms with Crippen molar-refractivity contribution in [2.24, 2.45) is 23.2 Å². The number of ether oxygens (including phenoxy) is 1. The minimum atomic E-state index is -3.74. The monoisotopic (exact) mass is 469 g/mol. The average Bonchev–Trinajstić information content (AvgIpc) is 3.23. The van der Waals surface area contributed by atoms with Crippen LogP contribution in [0.2, 0.25) is 5.02 Å². The van der Waals surface area contributed by atoms with Gasteiger partial charge >= 0.3 is 0 Å². The zero-order chi connectivity index (χ0) is 21.8. The second-order valence-electron chi connectivity index (χ2n) is 10.3. The highest BCUT2D eigenvalue weighted by atomic mass is 35.5. The molecule has 0 atom stereocenters. The summed E-state index contributed by atoms with van der Waals surface area (Å²) in [5.74, 6) is 0.298. The molecule has 5 aliphatic rings. The molecular weight excluding hydrogens is 441 g/mol. The molecule has 0 N–H and O–H groups in total. The lowest BCUT2D eigenvalue weighted by Gasteiger charge is -2.56. The van der Waals surface area contributed by atoms with E-state index in [2.05, 4.69) is 0 Å². The molecule has 5 fully saturated rings. The van der Waals surface area contributed by atoms with Gasteiger partial charge in [0.2, 0.25) is 10.0 Å². The summed E-state index contributed by atoms with van der Waals surface area (Å²) in [6.45, 7) is 1.35. The fraction of sp³-hybridized carbons (Fsp3) is 0.696. The van der Waals surface area contributed by atoms with Gasteiger partial charge in [-0.1, -0.05) is 11.6 Å². The molecule has 1 aromatic carbocycles. The van der Waals surface area contributed by atoms with E-state index in [-0.39, 0.29) is 21.8 Å². The SMILES string of the molecule is O=C(CS(=O)(=O)N1CCCC1)c1cc(Cl)c(OCC23CC4CC(CC(C4)C2)C3)cc1F. The Hall–Kier alpha value is -1.18. The number of Topliss-reactive ketones (excluding diaryl/α,β-unsaturated/α-hetero) is 1. The van der Waals surface area contributed by atoms with E-state index in [0.717, 1.165) is 36.7 Å². The number of sulfonamides is 1. The third-order valence-corrected chi connectivity index (χ3v) is 9.87. The van der Waals surface area contributed by atoms with Crippen LogP contribution in [-0.2, 0) is 10.0 Å². The maximum Gasteiger partial charge on any atom is 0.221 e. The summed E-state index contributed by atoms with van der Waals surface area (Å²) in [6.07, 6.45) is 9.09. The van der Waals surface area contributed by atoms with Gasteiger partial charge in [0, 0.05) is 24.6 Å². The predicted molar refractivity (Wildman–Crippen MR) is 116 cm³/mol. The molecule has 6 rings (SSSR count). The van der Waals surface area contributed by atoms with Gasteiger partial charge < -0.3 is 4.74 Å². The van der Waals surface area contributed by atoms with Crippen molar-refractivity contribution in [1.29, 1.82) is 0 Å². The first-order valence-electron chi connectivity index (χ1n) is 11.4. The number of carbonyl (C=O) groups excluding carboxylic acids is 1. The molecule has 0 radical (unpaired) electrons. The molecule has 31 heavy (non-hydrogen) atoms. The van der Waals surface area contributed by atoms with E-state index in [1.165, 1.54) is 48.9 Å². The third-order valence-electron chi connectivity index (χ3n) is 7.79. The highest BCUT2D eigenvalue weighted by Crippen LogP contribution is 2.60. The average molecular weight is 470 g/mol. The molecule has 8 heteroatoms. The number of halogens is 2. The van der Waals surface area contributed by atoms with Crippen LogP contribution in [0.25, 0.3) is 0 Å². The van der Waals surface area contributed by atoms with Crippen LogP contribution in [-0.4, -0.2) is 44.0 Å². The van der Waals surface area contributed by atoms with E-state index in [1.54, 1.807) is 0 Å². The number of rotatable bonds is 7. The Bertz CT molecular complexity index is 954. The second kappa shape index (κ2) is 7.99. The molecule has 4 saturated carbocycles. The normalized spacial score (nSPS) is 32.5. The van der Waals surface area contributed by atoms with Gasteiger partial charge in [0.15, 0.2) is 5.78 Å². The standard InChI is InChI=1S/C23H29ClFNO4S/c24-19-8-18(21(27)13-31(28,29)26-3-1-2-4-26)20(25)9-22(19)30-14-23-10-15-5-16(11-23)7-17(6-15)12-23/h8-9,15-17H,1-7,10-14H2. The van der Waals surface area contributed by atoms with E-state index in [9.17, 15) is 17.6 Å². The van der Waals surface area contributed by atoms with Crippen LogP contribution in [0.15, 0.2) is 12.1 Å². The van der Waals surface area contributed by atoms with Crippen LogP contribution in [0.3, 0.4) is 0 Å². The van der Waals surface area contributed by atoms with E-state index in [1.807, 2.05) is 0 Å². The maximum absolute atomic E-state index is 14.8. The molecule has 1 heterocycles. The van der Waals surface area contributed by atoms with Gasteiger partial charge in [0.05, 0.1) is 17.2 Å². The van der Waals surface area contributed by atoms with Gasteiger partial charge in [-0.2, -0.15) is 0 Å². The lowest BCUT2D eigenvalue weighted by atomic mass is 9.50. The van der Waals surface area contributed by atoms with Crippen LogP contribution in [0.1, 0.15) is 61.7 Å². The number of ketones is 1. The zero-order valence-corrected chi connectivity index (χ0v) is 19.2. The molecule has 4 aliphatic carbocycles. The van der Waals surface area contributed by atoms with Crippen LogP contribution in [0.5, 0.6) is 5.75 Å².